The topological polar surface area (TPSA) is 123 Å². The van der Waals surface area contributed by atoms with E-state index in [-0.39, 0.29) is 31.8 Å². The highest BCUT2D eigenvalue weighted by Gasteiger charge is 2.35. The van der Waals surface area contributed by atoms with Crippen LogP contribution in [0.15, 0.2) is 9.59 Å². The molecule has 0 unspecified atom stereocenters. The molecule has 3 N–H and O–H groups in total. The third kappa shape index (κ3) is 2.79. The summed E-state index contributed by atoms with van der Waals surface area (Å²) in [5, 5.41) is 8.72. The summed E-state index contributed by atoms with van der Waals surface area (Å²) in [6.07, 6.45) is 0.327. The number of aliphatic carboxylic acids is 1. The van der Waals surface area contributed by atoms with Crippen LogP contribution in [0.5, 0.6) is 0 Å². The molecule has 1 aliphatic heterocycles. The standard InChI is InChI=1S/C12H15N3O5/c1-6-8(10(17)14-12(20)13-6)2-3-9(16)15-4-7(5-15)11(18)19/h7H,2-5H2,1H3,(H,18,19)(H2,13,14,17,20). The number of nitrogens with one attached hydrogen (secondary N) is 2. The van der Waals surface area contributed by atoms with Crippen molar-refractivity contribution < 1.29 is 14.7 Å². The number of carbonyl (C=O) groups is 2. The molecule has 0 aliphatic carbocycles. The highest BCUT2D eigenvalue weighted by atomic mass is 16.4. The van der Waals surface area contributed by atoms with Crippen LogP contribution in [0.3, 0.4) is 0 Å². The molecule has 0 aromatic carbocycles. The Labute approximate surface area is 113 Å². The molecule has 1 saturated heterocycles. The number of hydrogen-bond acceptors (Lipinski definition) is 4. The summed E-state index contributed by atoms with van der Waals surface area (Å²) in [6.45, 7) is 2.03. The summed E-state index contributed by atoms with van der Waals surface area (Å²) in [6, 6.07) is 0. The van der Waals surface area contributed by atoms with Crippen LogP contribution in [0.1, 0.15) is 17.7 Å². The van der Waals surface area contributed by atoms with Crippen LogP contribution in [-0.2, 0) is 16.0 Å². The molecular weight excluding hydrogens is 266 g/mol. The van der Waals surface area contributed by atoms with Crippen molar-refractivity contribution in [2.45, 2.75) is 19.8 Å². The molecule has 0 radical (unpaired) electrons. The molecule has 0 bridgehead atoms. The van der Waals surface area contributed by atoms with Crippen molar-refractivity contribution in [1.29, 1.82) is 0 Å². The Morgan fingerprint density at radius 2 is 1.95 bits per heavy atom. The minimum atomic E-state index is -0.901. The molecule has 1 fully saturated rings. The Kier molecular flexibility index (Phi) is 3.73. The van der Waals surface area contributed by atoms with Gasteiger partial charge in [-0.2, -0.15) is 0 Å². The normalized spacial score (nSPS) is 14.9. The van der Waals surface area contributed by atoms with Gasteiger partial charge >= 0.3 is 11.7 Å². The Morgan fingerprint density at radius 3 is 2.50 bits per heavy atom. The van der Waals surface area contributed by atoms with Gasteiger partial charge in [-0.15, -0.1) is 0 Å². The molecular formula is C12H15N3O5. The third-order valence-corrected chi connectivity index (χ3v) is 3.43. The van der Waals surface area contributed by atoms with Gasteiger partial charge in [0.25, 0.3) is 5.56 Å². The van der Waals surface area contributed by atoms with Gasteiger partial charge in [0.05, 0.1) is 5.92 Å². The Morgan fingerprint density at radius 1 is 1.30 bits per heavy atom. The maximum absolute atomic E-state index is 11.8. The number of carbonyl (C=O) groups excluding carboxylic acids is 1. The second-order valence-corrected chi connectivity index (χ2v) is 4.85. The van der Waals surface area contributed by atoms with Crippen molar-refractivity contribution in [1.82, 2.24) is 14.9 Å². The monoisotopic (exact) mass is 281 g/mol. The molecule has 0 atom stereocenters. The van der Waals surface area contributed by atoms with Gasteiger partial charge in [-0.05, 0) is 13.3 Å². The third-order valence-electron chi connectivity index (χ3n) is 3.43. The zero-order chi connectivity index (χ0) is 14.9. The lowest BCUT2D eigenvalue weighted by Gasteiger charge is -2.36. The van der Waals surface area contributed by atoms with Gasteiger partial charge in [0, 0.05) is 30.8 Å². The molecule has 0 saturated carbocycles. The predicted octanol–water partition coefficient (Wildman–Crippen LogP) is -1.15. The van der Waals surface area contributed by atoms with Crippen LogP contribution in [0, 0.1) is 12.8 Å². The van der Waals surface area contributed by atoms with Gasteiger partial charge < -0.3 is 15.0 Å². The number of nitrogens with zero attached hydrogens (tertiary/aromatic N) is 1. The number of aromatic amines is 2. The Hall–Kier alpha value is -2.38. The Bertz CT molecular complexity index is 654. The molecule has 1 aromatic heterocycles. The lowest BCUT2D eigenvalue weighted by atomic mass is 9.99. The van der Waals surface area contributed by atoms with E-state index in [0.717, 1.165) is 0 Å². The first-order valence-corrected chi connectivity index (χ1v) is 6.21. The van der Waals surface area contributed by atoms with Crippen molar-refractivity contribution >= 4 is 11.9 Å². The number of rotatable bonds is 4. The first-order chi connectivity index (χ1) is 9.38. The number of carboxylic acid groups (broad SMARTS) is 1. The second-order valence-electron chi connectivity index (χ2n) is 4.85. The fourth-order valence-corrected chi connectivity index (χ4v) is 2.16. The first kappa shape index (κ1) is 14.0. The minimum absolute atomic E-state index is 0.113. The number of hydrogen-bond donors (Lipinski definition) is 3. The van der Waals surface area contributed by atoms with E-state index in [9.17, 15) is 19.2 Å². The van der Waals surface area contributed by atoms with E-state index in [0.29, 0.717) is 11.3 Å². The van der Waals surface area contributed by atoms with Gasteiger partial charge in [-0.25, -0.2) is 4.79 Å². The highest BCUT2D eigenvalue weighted by Crippen LogP contribution is 2.17. The molecule has 1 aliphatic rings. The zero-order valence-electron chi connectivity index (χ0n) is 10.9. The Balaban J connectivity index is 1.94. The average Bonchev–Trinajstić information content (AvgIpc) is 2.24. The number of H-pyrrole nitrogens is 2. The summed E-state index contributed by atoms with van der Waals surface area (Å²) in [5.41, 5.74) is -0.257. The summed E-state index contributed by atoms with van der Waals surface area (Å²) in [4.78, 5) is 51.1. The van der Waals surface area contributed by atoms with Crippen LogP contribution in [0.2, 0.25) is 0 Å². The molecule has 2 heterocycles. The van der Waals surface area contributed by atoms with E-state index < -0.39 is 23.1 Å². The number of amides is 1. The lowest BCUT2D eigenvalue weighted by molar-refractivity contribution is -0.152. The predicted molar refractivity (Wildman–Crippen MR) is 68.4 cm³/mol. The van der Waals surface area contributed by atoms with E-state index in [4.69, 9.17) is 5.11 Å². The van der Waals surface area contributed by atoms with Crippen molar-refractivity contribution in [3.63, 3.8) is 0 Å². The van der Waals surface area contributed by atoms with Crippen molar-refractivity contribution in [3.8, 4) is 0 Å². The molecule has 108 valence electrons. The van der Waals surface area contributed by atoms with E-state index in [2.05, 4.69) is 9.97 Å². The average molecular weight is 281 g/mol. The number of aromatic nitrogens is 2. The van der Waals surface area contributed by atoms with Crippen LogP contribution < -0.4 is 11.2 Å². The molecule has 20 heavy (non-hydrogen) atoms. The molecule has 2 rings (SSSR count). The van der Waals surface area contributed by atoms with Crippen LogP contribution in [0.4, 0.5) is 0 Å². The summed E-state index contributed by atoms with van der Waals surface area (Å²) in [5.74, 6) is -1.58. The number of aryl methyl sites for hydroxylation is 1. The van der Waals surface area contributed by atoms with Gasteiger partial charge in [0.1, 0.15) is 0 Å². The number of carboxylic acids is 1. The molecule has 1 aromatic rings. The van der Waals surface area contributed by atoms with E-state index >= 15 is 0 Å². The van der Waals surface area contributed by atoms with Gasteiger partial charge in [0.2, 0.25) is 5.91 Å². The molecule has 1 amide bonds. The van der Waals surface area contributed by atoms with Crippen LogP contribution in [-0.4, -0.2) is 44.9 Å². The highest BCUT2D eigenvalue weighted by molar-refractivity contribution is 5.81. The zero-order valence-corrected chi connectivity index (χ0v) is 10.9. The summed E-state index contributed by atoms with van der Waals surface area (Å²) in [7, 11) is 0. The number of likely N-dealkylation sites (tertiary alicyclic amines) is 1. The fraction of sp³-hybridized carbons (Fsp3) is 0.500. The lowest BCUT2D eigenvalue weighted by Crippen LogP contribution is -2.53. The maximum atomic E-state index is 11.8. The van der Waals surface area contributed by atoms with Gasteiger partial charge in [-0.1, -0.05) is 0 Å². The van der Waals surface area contributed by atoms with Crippen molar-refractivity contribution in [2.24, 2.45) is 5.92 Å². The van der Waals surface area contributed by atoms with Crippen molar-refractivity contribution in [2.75, 3.05) is 13.1 Å². The van der Waals surface area contributed by atoms with Crippen molar-refractivity contribution in [3.05, 3.63) is 32.1 Å². The summed E-state index contributed by atoms with van der Waals surface area (Å²) < 4.78 is 0. The van der Waals surface area contributed by atoms with Gasteiger partial charge in [-0.3, -0.25) is 19.4 Å². The maximum Gasteiger partial charge on any atom is 0.325 e. The van der Waals surface area contributed by atoms with Gasteiger partial charge in [0.15, 0.2) is 0 Å². The molecule has 8 heteroatoms. The van der Waals surface area contributed by atoms with E-state index in [1.807, 2.05) is 0 Å². The quantitative estimate of drug-likeness (QED) is 0.642. The molecule has 0 spiro atoms. The smallest absolute Gasteiger partial charge is 0.325 e. The SMILES string of the molecule is Cc1[nH]c(=O)[nH]c(=O)c1CCC(=O)N1CC(C(=O)O)C1. The molecule has 8 nitrogen and oxygen atoms in total. The minimum Gasteiger partial charge on any atom is -0.481 e. The van der Waals surface area contributed by atoms with E-state index in [1.54, 1.807) is 6.92 Å². The van der Waals surface area contributed by atoms with Crippen LogP contribution >= 0.6 is 0 Å². The fourth-order valence-electron chi connectivity index (χ4n) is 2.16. The largest absolute Gasteiger partial charge is 0.481 e. The second kappa shape index (κ2) is 5.32. The summed E-state index contributed by atoms with van der Waals surface area (Å²) >= 11 is 0. The van der Waals surface area contributed by atoms with E-state index in [1.165, 1.54) is 4.90 Å². The first-order valence-electron chi connectivity index (χ1n) is 6.21. The van der Waals surface area contributed by atoms with Crippen LogP contribution in [0.25, 0.3) is 0 Å².